The van der Waals surface area contributed by atoms with Gasteiger partial charge in [-0.05, 0) is 29.2 Å². The van der Waals surface area contributed by atoms with Crippen LogP contribution in [0.4, 0.5) is 10.5 Å². The van der Waals surface area contributed by atoms with Gasteiger partial charge in [0.05, 0.1) is 0 Å². The lowest BCUT2D eigenvalue weighted by molar-refractivity contribution is 0.155. The Morgan fingerprint density at radius 3 is 2.43 bits per heavy atom. The Bertz CT molecular complexity index is 934. The summed E-state index contributed by atoms with van der Waals surface area (Å²) in [6, 6.07) is 20.8. The fourth-order valence-electron chi connectivity index (χ4n) is 2.72. The minimum atomic E-state index is -0.564. The molecule has 0 unspecified atom stereocenters. The third-order valence-electron chi connectivity index (χ3n) is 4.12. The molecule has 1 amide bonds. The van der Waals surface area contributed by atoms with Crippen molar-refractivity contribution in [3.8, 4) is 11.6 Å². The van der Waals surface area contributed by atoms with Gasteiger partial charge in [-0.2, -0.15) is 0 Å². The summed E-state index contributed by atoms with van der Waals surface area (Å²) in [5.41, 5.74) is 2.33. The van der Waals surface area contributed by atoms with Crippen molar-refractivity contribution in [2.24, 2.45) is 0 Å². The molecule has 0 fully saturated rings. The lowest BCUT2D eigenvalue weighted by Crippen LogP contribution is -2.15. The SMILES string of the molecule is CC(C)(C)c1ccccc1Oc1ncccc1NC(=O)OCc1ccccc1. The smallest absolute Gasteiger partial charge is 0.412 e. The van der Waals surface area contributed by atoms with Crippen LogP contribution in [0.5, 0.6) is 11.6 Å². The number of para-hydroxylation sites is 1. The molecule has 1 N–H and O–H groups in total. The Labute approximate surface area is 165 Å². The predicted molar refractivity (Wildman–Crippen MR) is 110 cm³/mol. The molecule has 2 aromatic carbocycles. The van der Waals surface area contributed by atoms with Crippen LogP contribution in [0.25, 0.3) is 0 Å². The van der Waals surface area contributed by atoms with Crippen molar-refractivity contribution in [1.82, 2.24) is 4.98 Å². The van der Waals surface area contributed by atoms with E-state index < -0.39 is 6.09 Å². The summed E-state index contributed by atoms with van der Waals surface area (Å²) in [6.07, 6.45) is 1.06. The number of nitrogens with zero attached hydrogens (tertiary/aromatic N) is 1. The number of carbonyl (C=O) groups is 1. The van der Waals surface area contributed by atoms with Crippen LogP contribution in [0.2, 0.25) is 0 Å². The largest absolute Gasteiger partial charge is 0.444 e. The van der Waals surface area contributed by atoms with Gasteiger partial charge in [-0.3, -0.25) is 5.32 Å². The molecule has 1 aromatic heterocycles. The van der Waals surface area contributed by atoms with E-state index in [-0.39, 0.29) is 12.0 Å². The molecule has 144 valence electrons. The van der Waals surface area contributed by atoms with Crippen molar-refractivity contribution in [3.63, 3.8) is 0 Å². The minimum Gasteiger partial charge on any atom is -0.444 e. The summed E-state index contributed by atoms with van der Waals surface area (Å²) in [6.45, 7) is 6.55. The standard InChI is InChI=1S/C23H24N2O3/c1-23(2,3)18-12-7-8-14-20(18)28-21-19(13-9-15-24-21)25-22(26)27-16-17-10-5-4-6-11-17/h4-15H,16H2,1-3H3,(H,25,26). The van der Waals surface area contributed by atoms with Crippen LogP contribution >= 0.6 is 0 Å². The molecule has 0 spiro atoms. The average molecular weight is 376 g/mol. The number of hydrogen-bond donors (Lipinski definition) is 1. The summed E-state index contributed by atoms with van der Waals surface area (Å²) < 4.78 is 11.3. The Morgan fingerprint density at radius 1 is 0.964 bits per heavy atom. The van der Waals surface area contributed by atoms with Crippen LogP contribution in [-0.4, -0.2) is 11.1 Å². The molecule has 0 radical (unpaired) electrons. The topological polar surface area (TPSA) is 60.5 Å². The molecule has 1 heterocycles. The number of pyridine rings is 1. The number of anilines is 1. The summed E-state index contributed by atoms with van der Waals surface area (Å²) >= 11 is 0. The maximum atomic E-state index is 12.2. The van der Waals surface area contributed by atoms with E-state index in [9.17, 15) is 4.79 Å². The molecule has 0 bridgehead atoms. The van der Waals surface area contributed by atoms with E-state index >= 15 is 0 Å². The van der Waals surface area contributed by atoms with E-state index in [4.69, 9.17) is 9.47 Å². The molecule has 5 nitrogen and oxygen atoms in total. The Hall–Kier alpha value is -3.34. The van der Waals surface area contributed by atoms with Gasteiger partial charge in [0.1, 0.15) is 18.0 Å². The van der Waals surface area contributed by atoms with Gasteiger partial charge in [0.15, 0.2) is 0 Å². The summed E-state index contributed by atoms with van der Waals surface area (Å²) in [4.78, 5) is 16.5. The van der Waals surface area contributed by atoms with Gasteiger partial charge in [-0.1, -0.05) is 69.3 Å². The average Bonchev–Trinajstić information content (AvgIpc) is 2.68. The Balaban J connectivity index is 1.73. The van der Waals surface area contributed by atoms with E-state index in [0.717, 1.165) is 11.1 Å². The third-order valence-corrected chi connectivity index (χ3v) is 4.12. The number of aromatic nitrogens is 1. The second-order valence-electron chi connectivity index (χ2n) is 7.39. The summed E-state index contributed by atoms with van der Waals surface area (Å²) in [5, 5.41) is 2.71. The number of carbonyl (C=O) groups excluding carboxylic acids is 1. The van der Waals surface area contributed by atoms with Crippen molar-refractivity contribution in [2.45, 2.75) is 32.8 Å². The van der Waals surface area contributed by atoms with Gasteiger partial charge < -0.3 is 9.47 Å². The maximum Gasteiger partial charge on any atom is 0.412 e. The molecule has 0 atom stereocenters. The normalized spacial score (nSPS) is 11.0. The van der Waals surface area contributed by atoms with Crippen molar-refractivity contribution in [2.75, 3.05) is 5.32 Å². The number of rotatable bonds is 5. The number of nitrogens with one attached hydrogen (secondary N) is 1. The Kier molecular flexibility index (Phi) is 5.94. The zero-order valence-electron chi connectivity index (χ0n) is 16.3. The van der Waals surface area contributed by atoms with Crippen molar-refractivity contribution >= 4 is 11.8 Å². The van der Waals surface area contributed by atoms with Gasteiger partial charge in [-0.25, -0.2) is 9.78 Å². The van der Waals surface area contributed by atoms with Gasteiger partial charge in [0.2, 0.25) is 5.88 Å². The molecular formula is C23H24N2O3. The molecule has 3 rings (SSSR count). The zero-order valence-corrected chi connectivity index (χ0v) is 16.3. The van der Waals surface area contributed by atoms with Crippen molar-refractivity contribution in [3.05, 3.63) is 84.1 Å². The first-order valence-electron chi connectivity index (χ1n) is 9.13. The molecule has 0 aliphatic carbocycles. The van der Waals surface area contributed by atoms with E-state index in [1.54, 1.807) is 18.3 Å². The van der Waals surface area contributed by atoms with Crippen LogP contribution in [-0.2, 0) is 16.8 Å². The monoisotopic (exact) mass is 376 g/mol. The maximum absolute atomic E-state index is 12.2. The molecule has 0 saturated heterocycles. The van der Waals surface area contributed by atoms with Gasteiger partial charge in [0, 0.05) is 11.8 Å². The predicted octanol–water partition coefficient (Wildman–Crippen LogP) is 5.92. The highest BCUT2D eigenvalue weighted by molar-refractivity contribution is 5.86. The molecule has 3 aromatic rings. The van der Waals surface area contributed by atoms with Crippen LogP contribution in [0.3, 0.4) is 0 Å². The van der Waals surface area contributed by atoms with Crippen LogP contribution in [0, 0.1) is 0 Å². The molecule has 0 aliphatic heterocycles. The van der Waals surface area contributed by atoms with Gasteiger partial charge in [0.25, 0.3) is 0 Å². The quantitative estimate of drug-likeness (QED) is 0.600. The van der Waals surface area contributed by atoms with Crippen molar-refractivity contribution < 1.29 is 14.3 Å². The number of ether oxygens (including phenoxy) is 2. The number of hydrogen-bond acceptors (Lipinski definition) is 4. The highest BCUT2D eigenvalue weighted by atomic mass is 16.5. The van der Waals surface area contributed by atoms with Gasteiger partial charge in [-0.15, -0.1) is 0 Å². The second kappa shape index (κ2) is 8.57. The fourth-order valence-corrected chi connectivity index (χ4v) is 2.72. The lowest BCUT2D eigenvalue weighted by Gasteiger charge is -2.22. The van der Waals surface area contributed by atoms with E-state index in [0.29, 0.717) is 17.3 Å². The molecule has 0 aliphatic rings. The van der Waals surface area contributed by atoms with E-state index in [2.05, 4.69) is 31.1 Å². The van der Waals surface area contributed by atoms with Gasteiger partial charge >= 0.3 is 6.09 Å². The highest BCUT2D eigenvalue weighted by Crippen LogP contribution is 2.35. The van der Waals surface area contributed by atoms with Crippen LogP contribution < -0.4 is 10.1 Å². The van der Waals surface area contributed by atoms with E-state index in [1.807, 2.05) is 54.6 Å². The van der Waals surface area contributed by atoms with Crippen LogP contribution in [0.15, 0.2) is 72.9 Å². The summed E-state index contributed by atoms with van der Waals surface area (Å²) in [7, 11) is 0. The number of amides is 1. The first kappa shape index (κ1) is 19.4. The first-order chi connectivity index (χ1) is 13.4. The van der Waals surface area contributed by atoms with Crippen LogP contribution in [0.1, 0.15) is 31.9 Å². The molecule has 0 saturated carbocycles. The highest BCUT2D eigenvalue weighted by Gasteiger charge is 2.20. The minimum absolute atomic E-state index is 0.0897. The first-order valence-corrected chi connectivity index (χ1v) is 9.13. The molecule has 28 heavy (non-hydrogen) atoms. The number of benzene rings is 2. The second-order valence-corrected chi connectivity index (χ2v) is 7.39. The lowest BCUT2D eigenvalue weighted by atomic mass is 9.86. The van der Waals surface area contributed by atoms with E-state index in [1.165, 1.54) is 0 Å². The third kappa shape index (κ3) is 5.10. The Morgan fingerprint density at radius 2 is 1.68 bits per heavy atom. The molecule has 5 heteroatoms. The van der Waals surface area contributed by atoms with Crippen molar-refractivity contribution in [1.29, 1.82) is 0 Å². The fraction of sp³-hybridized carbons (Fsp3) is 0.217. The zero-order chi connectivity index (χ0) is 20.0. The summed E-state index contributed by atoms with van der Waals surface area (Å²) in [5.74, 6) is 1.02. The molecular weight excluding hydrogens is 352 g/mol.